The number of nitrogens with one attached hydrogen (secondary N) is 2. The summed E-state index contributed by atoms with van der Waals surface area (Å²) in [5, 5.41) is 24.3. The lowest BCUT2D eigenvalue weighted by Gasteiger charge is -2.18. The van der Waals surface area contributed by atoms with Crippen molar-refractivity contribution in [2.75, 3.05) is 13.2 Å². The van der Waals surface area contributed by atoms with Crippen LogP contribution in [0, 0.1) is 12.8 Å². The lowest BCUT2D eigenvalue weighted by atomic mass is 10.0. The Morgan fingerprint density at radius 2 is 1.93 bits per heavy atom. The Bertz CT molecular complexity index is 698. The van der Waals surface area contributed by atoms with Gasteiger partial charge in [-0.05, 0) is 31.2 Å². The van der Waals surface area contributed by atoms with Gasteiger partial charge in [0, 0.05) is 20.2 Å². The van der Waals surface area contributed by atoms with Crippen molar-refractivity contribution in [3.05, 3.63) is 47.5 Å². The number of nitrogens with zero attached hydrogens (tertiary/aromatic N) is 4. The van der Waals surface area contributed by atoms with Crippen LogP contribution < -0.4 is 10.6 Å². The summed E-state index contributed by atoms with van der Waals surface area (Å²) in [4.78, 5) is 4.71. The molecule has 0 amide bonds. The van der Waals surface area contributed by atoms with E-state index in [1.807, 2.05) is 36.7 Å². The summed E-state index contributed by atoms with van der Waals surface area (Å²) in [5.41, 5.74) is 1.16. The first-order valence-corrected chi connectivity index (χ1v) is 9.65. The molecule has 28 heavy (non-hydrogen) atoms. The van der Waals surface area contributed by atoms with Crippen LogP contribution in [-0.4, -0.2) is 39.0 Å². The van der Waals surface area contributed by atoms with Gasteiger partial charge in [0.2, 0.25) is 0 Å². The highest BCUT2D eigenvalue weighted by Gasteiger charge is 2.10. The first-order valence-electron chi connectivity index (χ1n) is 9.65. The fourth-order valence-electron chi connectivity index (χ4n) is 2.88. The second-order valence-corrected chi connectivity index (χ2v) is 6.77. The summed E-state index contributed by atoms with van der Waals surface area (Å²) < 4.78 is 1.97. The first kappa shape index (κ1) is 24.4. The van der Waals surface area contributed by atoms with Crippen LogP contribution in [-0.2, 0) is 20.1 Å². The molecule has 0 aliphatic carbocycles. The van der Waals surface area contributed by atoms with Crippen LogP contribution in [0.15, 0.2) is 35.3 Å². The van der Waals surface area contributed by atoms with Crippen LogP contribution in [0.1, 0.15) is 43.4 Å². The predicted molar refractivity (Wildman–Crippen MR) is 124 cm³/mol. The molecule has 0 fully saturated rings. The van der Waals surface area contributed by atoms with Crippen molar-refractivity contribution in [3.8, 4) is 0 Å². The number of halogens is 1. The van der Waals surface area contributed by atoms with Crippen molar-refractivity contribution < 1.29 is 5.11 Å². The highest BCUT2D eigenvalue weighted by Crippen LogP contribution is 2.09. The van der Waals surface area contributed by atoms with E-state index in [0.29, 0.717) is 19.0 Å². The van der Waals surface area contributed by atoms with Crippen molar-refractivity contribution in [2.45, 2.75) is 46.2 Å². The summed E-state index contributed by atoms with van der Waals surface area (Å²) in [6.45, 7) is 6.26. The standard InChI is InChI=1S/C20H32N6O.HI/c1-4-8-17(11-12-27)13-21-20(22-14-18-9-6-5-7-10-18)23-15-19-25-24-16(2)26(19)3;/h5-7,9-10,17,27H,4,8,11-15H2,1-3H3,(H2,21,22,23);1H. The van der Waals surface area contributed by atoms with Crippen molar-refractivity contribution in [1.82, 2.24) is 25.4 Å². The predicted octanol–water partition coefficient (Wildman–Crippen LogP) is 2.78. The second kappa shape index (κ2) is 13.5. The van der Waals surface area contributed by atoms with Crippen LogP contribution in [0.5, 0.6) is 0 Å². The van der Waals surface area contributed by atoms with E-state index >= 15 is 0 Å². The maximum Gasteiger partial charge on any atom is 0.191 e. The van der Waals surface area contributed by atoms with Crippen molar-refractivity contribution in [2.24, 2.45) is 18.0 Å². The van der Waals surface area contributed by atoms with Crippen molar-refractivity contribution >= 4 is 29.9 Å². The Morgan fingerprint density at radius 3 is 2.54 bits per heavy atom. The zero-order valence-electron chi connectivity index (χ0n) is 17.1. The molecule has 0 bridgehead atoms. The number of guanidine groups is 1. The summed E-state index contributed by atoms with van der Waals surface area (Å²) in [7, 11) is 1.96. The van der Waals surface area contributed by atoms with Gasteiger partial charge in [-0.15, -0.1) is 34.2 Å². The van der Waals surface area contributed by atoms with Gasteiger partial charge < -0.3 is 20.3 Å². The number of hydrogen-bond acceptors (Lipinski definition) is 4. The van der Waals surface area contributed by atoms with Crippen LogP contribution in [0.4, 0.5) is 0 Å². The number of aliphatic hydroxyl groups excluding tert-OH is 1. The molecule has 0 aliphatic heterocycles. The topological polar surface area (TPSA) is 87.4 Å². The summed E-state index contributed by atoms with van der Waals surface area (Å²) in [5.74, 6) is 2.93. The summed E-state index contributed by atoms with van der Waals surface area (Å²) >= 11 is 0. The number of aliphatic imine (C=N–C) groups is 1. The van der Waals surface area contributed by atoms with Crippen LogP contribution in [0.2, 0.25) is 0 Å². The molecule has 1 heterocycles. The third-order valence-corrected chi connectivity index (χ3v) is 4.65. The molecule has 7 nitrogen and oxygen atoms in total. The quantitative estimate of drug-likeness (QED) is 0.265. The average Bonchev–Trinajstić information content (AvgIpc) is 3.00. The lowest BCUT2D eigenvalue weighted by Crippen LogP contribution is -2.40. The zero-order valence-corrected chi connectivity index (χ0v) is 19.4. The van der Waals surface area contributed by atoms with E-state index in [4.69, 9.17) is 4.99 Å². The highest BCUT2D eigenvalue weighted by atomic mass is 127. The van der Waals surface area contributed by atoms with Gasteiger partial charge in [-0.25, -0.2) is 4.99 Å². The molecule has 156 valence electrons. The lowest BCUT2D eigenvalue weighted by molar-refractivity contribution is 0.251. The minimum atomic E-state index is 0. The van der Waals surface area contributed by atoms with Gasteiger partial charge in [0.1, 0.15) is 5.82 Å². The Kier molecular flexibility index (Phi) is 11.7. The molecule has 3 N–H and O–H groups in total. The van der Waals surface area contributed by atoms with Crippen LogP contribution >= 0.6 is 24.0 Å². The second-order valence-electron chi connectivity index (χ2n) is 6.77. The minimum Gasteiger partial charge on any atom is -0.396 e. The van der Waals surface area contributed by atoms with Gasteiger partial charge in [0.25, 0.3) is 0 Å². The van der Waals surface area contributed by atoms with Gasteiger partial charge in [-0.1, -0.05) is 43.7 Å². The van der Waals surface area contributed by atoms with Crippen molar-refractivity contribution in [1.29, 1.82) is 0 Å². The van der Waals surface area contributed by atoms with Gasteiger partial charge in [-0.3, -0.25) is 0 Å². The molecule has 2 rings (SSSR count). The fourth-order valence-corrected chi connectivity index (χ4v) is 2.88. The third kappa shape index (κ3) is 8.14. The van der Waals surface area contributed by atoms with Gasteiger partial charge in [0.15, 0.2) is 11.8 Å². The Morgan fingerprint density at radius 1 is 1.18 bits per heavy atom. The fraction of sp³-hybridized carbons (Fsp3) is 0.550. The molecule has 0 saturated carbocycles. The Hall–Kier alpha value is -1.68. The number of benzene rings is 1. The van der Waals surface area contributed by atoms with Crippen LogP contribution in [0.3, 0.4) is 0 Å². The molecule has 0 saturated heterocycles. The highest BCUT2D eigenvalue weighted by molar-refractivity contribution is 14.0. The van der Waals surface area contributed by atoms with E-state index < -0.39 is 0 Å². The molecule has 8 heteroatoms. The summed E-state index contributed by atoms with van der Waals surface area (Å²) in [6.07, 6.45) is 2.99. The SMILES string of the molecule is CCCC(CCO)CNC(=NCc1ccccc1)NCc1nnc(C)n1C.I. The zero-order chi connectivity index (χ0) is 19.5. The number of hydrogen-bond donors (Lipinski definition) is 3. The van der Waals surface area contributed by atoms with E-state index in [-0.39, 0.29) is 30.6 Å². The Balaban J connectivity index is 0.00000392. The minimum absolute atomic E-state index is 0. The van der Waals surface area contributed by atoms with E-state index in [0.717, 1.165) is 49.0 Å². The average molecular weight is 500 g/mol. The maximum atomic E-state index is 9.27. The third-order valence-electron chi connectivity index (χ3n) is 4.65. The number of aryl methyl sites for hydroxylation is 1. The number of rotatable bonds is 10. The summed E-state index contributed by atoms with van der Waals surface area (Å²) in [6, 6.07) is 10.2. The molecule has 1 aromatic carbocycles. The van der Waals surface area contributed by atoms with E-state index in [9.17, 15) is 5.11 Å². The molecule has 0 aliphatic rings. The monoisotopic (exact) mass is 500 g/mol. The number of aromatic nitrogens is 3. The molecule has 1 aromatic heterocycles. The molecule has 2 aromatic rings. The maximum absolute atomic E-state index is 9.27. The number of aliphatic hydroxyl groups is 1. The smallest absolute Gasteiger partial charge is 0.191 e. The largest absolute Gasteiger partial charge is 0.396 e. The first-order chi connectivity index (χ1) is 13.1. The van der Waals surface area contributed by atoms with Gasteiger partial charge in [0.05, 0.1) is 13.1 Å². The molecular formula is C20H33IN6O. The van der Waals surface area contributed by atoms with Crippen molar-refractivity contribution in [3.63, 3.8) is 0 Å². The molecule has 1 atom stereocenters. The molecule has 1 unspecified atom stereocenters. The molecular weight excluding hydrogens is 467 g/mol. The van der Waals surface area contributed by atoms with Gasteiger partial charge >= 0.3 is 0 Å². The Labute approximate surface area is 185 Å². The van der Waals surface area contributed by atoms with Crippen LogP contribution in [0.25, 0.3) is 0 Å². The van der Waals surface area contributed by atoms with E-state index in [1.54, 1.807) is 0 Å². The van der Waals surface area contributed by atoms with E-state index in [1.165, 1.54) is 0 Å². The molecule has 0 radical (unpaired) electrons. The normalized spacial score (nSPS) is 12.4. The molecule has 0 spiro atoms. The van der Waals surface area contributed by atoms with E-state index in [2.05, 4.69) is 39.9 Å². The van der Waals surface area contributed by atoms with Gasteiger partial charge in [-0.2, -0.15) is 0 Å².